The summed E-state index contributed by atoms with van der Waals surface area (Å²) in [5.74, 6) is 0.501. The van der Waals surface area contributed by atoms with Gasteiger partial charge >= 0.3 is 0 Å². The second kappa shape index (κ2) is 5.22. The number of aliphatic hydroxyl groups is 1. The van der Waals surface area contributed by atoms with Crippen molar-refractivity contribution in [2.75, 3.05) is 25.1 Å². The monoisotopic (exact) mass is 252 g/mol. The zero-order chi connectivity index (χ0) is 13.1. The lowest BCUT2D eigenvalue weighted by Crippen LogP contribution is -2.35. The molecule has 0 aliphatic carbocycles. The average molecular weight is 252 g/mol. The SMILES string of the molecule is COc1cc([N+](=O)[O-])ccc1N1CCC(O)CC1. The Labute approximate surface area is 105 Å². The van der Waals surface area contributed by atoms with Gasteiger partial charge in [-0.2, -0.15) is 0 Å². The van der Waals surface area contributed by atoms with Gasteiger partial charge in [0.1, 0.15) is 5.75 Å². The van der Waals surface area contributed by atoms with Crippen LogP contribution in [0.5, 0.6) is 5.75 Å². The Morgan fingerprint density at radius 1 is 1.44 bits per heavy atom. The summed E-state index contributed by atoms with van der Waals surface area (Å²) in [5, 5.41) is 20.2. The number of nitrogens with zero attached hydrogens (tertiary/aromatic N) is 2. The van der Waals surface area contributed by atoms with Gasteiger partial charge in [-0.15, -0.1) is 0 Å². The lowest BCUT2D eigenvalue weighted by Gasteiger charge is -2.32. The van der Waals surface area contributed by atoms with Gasteiger partial charge < -0.3 is 14.7 Å². The topological polar surface area (TPSA) is 75.8 Å². The van der Waals surface area contributed by atoms with Crippen molar-refractivity contribution in [2.24, 2.45) is 0 Å². The smallest absolute Gasteiger partial charge is 0.273 e. The van der Waals surface area contributed by atoms with Crippen LogP contribution in [0.3, 0.4) is 0 Å². The summed E-state index contributed by atoms with van der Waals surface area (Å²) in [4.78, 5) is 12.3. The van der Waals surface area contributed by atoms with Crippen molar-refractivity contribution in [3.8, 4) is 5.75 Å². The van der Waals surface area contributed by atoms with E-state index in [1.165, 1.54) is 19.2 Å². The Morgan fingerprint density at radius 2 is 2.11 bits per heavy atom. The molecular weight excluding hydrogens is 236 g/mol. The summed E-state index contributed by atoms with van der Waals surface area (Å²) in [6.45, 7) is 1.46. The molecule has 0 atom stereocenters. The van der Waals surface area contributed by atoms with Gasteiger partial charge in [0.05, 0.1) is 29.9 Å². The van der Waals surface area contributed by atoms with Gasteiger partial charge in [0.25, 0.3) is 5.69 Å². The first-order valence-electron chi connectivity index (χ1n) is 5.87. The summed E-state index contributed by atoms with van der Waals surface area (Å²) in [6.07, 6.45) is 1.17. The molecule has 0 spiro atoms. The van der Waals surface area contributed by atoms with Crippen molar-refractivity contribution in [1.29, 1.82) is 0 Å². The quantitative estimate of drug-likeness (QED) is 0.652. The first-order chi connectivity index (χ1) is 8.61. The number of rotatable bonds is 3. The molecule has 0 radical (unpaired) electrons. The van der Waals surface area contributed by atoms with E-state index in [0.717, 1.165) is 18.8 Å². The Hall–Kier alpha value is -1.82. The van der Waals surface area contributed by atoms with Crippen LogP contribution in [0, 0.1) is 10.1 Å². The van der Waals surface area contributed by atoms with Crippen molar-refractivity contribution in [3.63, 3.8) is 0 Å². The fourth-order valence-corrected chi connectivity index (χ4v) is 2.15. The Kier molecular flexibility index (Phi) is 3.66. The molecule has 0 bridgehead atoms. The number of hydrogen-bond donors (Lipinski definition) is 1. The lowest BCUT2D eigenvalue weighted by atomic mass is 10.1. The van der Waals surface area contributed by atoms with Crippen molar-refractivity contribution < 1.29 is 14.8 Å². The maximum atomic E-state index is 10.7. The Balaban J connectivity index is 2.24. The number of nitro groups is 1. The second-order valence-corrected chi connectivity index (χ2v) is 4.33. The molecule has 0 unspecified atom stereocenters. The molecule has 2 rings (SSSR count). The summed E-state index contributed by atoms with van der Waals surface area (Å²) >= 11 is 0. The second-order valence-electron chi connectivity index (χ2n) is 4.33. The van der Waals surface area contributed by atoms with Gasteiger partial charge in [0, 0.05) is 19.2 Å². The van der Waals surface area contributed by atoms with Gasteiger partial charge in [0.2, 0.25) is 0 Å². The largest absolute Gasteiger partial charge is 0.494 e. The molecule has 6 heteroatoms. The number of non-ortho nitro benzene ring substituents is 1. The van der Waals surface area contributed by atoms with Gasteiger partial charge in [-0.3, -0.25) is 10.1 Å². The van der Waals surface area contributed by atoms with E-state index in [0.29, 0.717) is 18.6 Å². The first kappa shape index (κ1) is 12.6. The molecule has 1 saturated heterocycles. The molecule has 98 valence electrons. The number of ether oxygens (including phenoxy) is 1. The molecule has 1 aromatic rings. The van der Waals surface area contributed by atoms with Crippen LogP contribution in [0.25, 0.3) is 0 Å². The van der Waals surface area contributed by atoms with Crippen molar-refractivity contribution in [3.05, 3.63) is 28.3 Å². The summed E-state index contributed by atoms with van der Waals surface area (Å²) < 4.78 is 5.21. The van der Waals surface area contributed by atoms with Gasteiger partial charge in [0.15, 0.2) is 0 Å². The van der Waals surface area contributed by atoms with Crippen LogP contribution in [0.15, 0.2) is 18.2 Å². The van der Waals surface area contributed by atoms with Crippen molar-refractivity contribution in [2.45, 2.75) is 18.9 Å². The lowest BCUT2D eigenvalue weighted by molar-refractivity contribution is -0.384. The van der Waals surface area contributed by atoms with Crippen LogP contribution in [-0.2, 0) is 0 Å². The van der Waals surface area contributed by atoms with E-state index in [-0.39, 0.29) is 11.8 Å². The minimum Gasteiger partial charge on any atom is -0.494 e. The maximum Gasteiger partial charge on any atom is 0.273 e. The summed E-state index contributed by atoms with van der Waals surface area (Å²) in [6, 6.07) is 4.61. The molecule has 0 aromatic heterocycles. The zero-order valence-corrected chi connectivity index (χ0v) is 10.2. The molecule has 1 heterocycles. The van der Waals surface area contributed by atoms with Crippen LogP contribution in [0.2, 0.25) is 0 Å². The predicted molar refractivity (Wildman–Crippen MR) is 67.1 cm³/mol. The van der Waals surface area contributed by atoms with Crippen LogP contribution in [0.1, 0.15) is 12.8 Å². The fraction of sp³-hybridized carbons (Fsp3) is 0.500. The predicted octanol–water partition coefficient (Wildman–Crippen LogP) is 1.56. The van der Waals surface area contributed by atoms with Crippen molar-refractivity contribution >= 4 is 11.4 Å². The highest BCUT2D eigenvalue weighted by atomic mass is 16.6. The highest BCUT2D eigenvalue weighted by Gasteiger charge is 2.21. The fourth-order valence-electron chi connectivity index (χ4n) is 2.15. The maximum absolute atomic E-state index is 10.7. The Morgan fingerprint density at radius 3 is 2.67 bits per heavy atom. The van der Waals surface area contributed by atoms with E-state index in [2.05, 4.69) is 4.90 Å². The molecule has 1 N–H and O–H groups in total. The molecule has 1 fully saturated rings. The molecule has 18 heavy (non-hydrogen) atoms. The third kappa shape index (κ3) is 2.53. The first-order valence-corrected chi connectivity index (χ1v) is 5.87. The van der Waals surface area contributed by atoms with E-state index < -0.39 is 4.92 Å². The molecule has 0 saturated carbocycles. The number of anilines is 1. The van der Waals surface area contributed by atoms with Gasteiger partial charge in [-0.1, -0.05) is 0 Å². The van der Waals surface area contributed by atoms with Crippen LogP contribution in [-0.4, -0.2) is 36.3 Å². The third-order valence-corrected chi connectivity index (χ3v) is 3.18. The van der Waals surface area contributed by atoms with E-state index in [1.54, 1.807) is 6.07 Å². The van der Waals surface area contributed by atoms with E-state index in [1.807, 2.05) is 0 Å². The number of methoxy groups -OCH3 is 1. The highest BCUT2D eigenvalue weighted by molar-refractivity contribution is 5.62. The third-order valence-electron chi connectivity index (χ3n) is 3.18. The number of aliphatic hydroxyl groups excluding tert-OH is 1. The van der Waals surface area contributed by atoms with E-state index in [9.17, 15) is 15.2 Å². The number of nitro benzene ring substituents is 1. The zero-order valence-electron chi connectivity index (χ0n) is 10.2. The minimum atomic E-state index is -0.438. The van der Waals surface area contributed by atoms with E-state index >= 15 is 0 Å². The standard InChI is InChI=1S/C12H16N2O4/c1-18-12-8-9(14(16)17)2-3-11(12)13-6-4-10(15)5-7-13/h2-3,8,10,15H,4-7H2,1H3. The molecule has 1 aromatic carbocycles. The van der Waals surface area contributed by atoms with Crippen LogP contribution < -0.4 is 9.64 Å². The Bertz CT molecular complexity index is 442. The van der Waals surface area contributed by atoms with Gasteiger partial charge in [-0.25, -0.2) is 0 Å². The van der Waals surface area contributed by atoms with Crippen LogP contribution in [0.4, 0.5) is 11.4 Å². The minimum absolute atomic E-state index is 0.0210. The number of piperidine rings is 1. The highest BCUT2D eigenvalue weighted by Crippen LogP contribution is 2.33. The molecule has 1 aliphatic heterocycles. The summed E-state index contributed by atoms with van der Waals surface area (Å²) in [7, 11) is 1.50. The molecule has 1 aliphatic rings. The molecular formula is C12H16N2O4. The van der Waals surface area contributed by atoms with Crippen molar-refractivity contribution in [1.82, 2.24) is 0 Å². The number of hydrogen-bond acceptors (Lipinski definition) is 5. The normalized spacial score (nSPS) is 16.7. The molecule has 6 nitrogen and oxygen atoms in total. The number of benzene rings is 1. The molecule has 0 amide bonds. The van der Waals surface area contributed by atoms with Gasteiger partial charge in [-0.05, 0) is 18.9 Å². The average Bonchev–Trinajstić information content (AvgIpc) is 2.39. The van der Waals surface area contributed by atoms with Crippen LogP contribution >= 0.6 is 0 Å². The summed E-state index contributed by atoms with van der Waals surface area (Å²) in [5.41, 5.74) is 0.864. The van der Waals surface area contributed by atoms with E-state index in [4.69, 9.17) is 4.74 Å².